The molecule has 7 heteroatoms. The molecule has 3 rings (SSSR count). The number of nitrogens with one attached hydrogen (secondary N) is 1. The fraction of sp³-hybridized carbons (Fsp3) is 0.190. The third kappa shape index (κ3) is 4.25. The molecule has 2 amide bonds. The first-order valence-electron chi connectivity index (χ1n) is 8.82. The highest BCUT2D eigenvalue weighted by atomic mass is 19.1. The van der Waals surface area contributed by atoms with Crippen LogP contribution in [0, 0.1) is 5.82 Å². The Kier molecular flexibility index (Phi) is 5.84. The van der Waals surface area contributed by atoms with Crippen LogP contribution in [0.5, 0.6) is 0 Å². The molecule has 0 fully saturated rings. The maximum absolute atomic E-state index is 13.2. The van der Waals surface area contributed by atoms with Crippen LogP contribution in [0.1, 0.15) is 29.3 Å². The van der Waals surface area contributed by atoms with Crippen molar-refractivity contribution in [3.05, 3.63) is 77.6 Å². The van der Waals surface area contributed by atoms with Crippen molar-refractivity contribution in [3.63, 3.8) is 0 Å². The number of hydrazine groups is 1. The number of nitrogens with zero attached hydrogens (tertiary/aromatic N) is 1. The molecule has 0 aromatic heterocycles. The van der Waals surface area contributed by atoms with Gasteiger partial charge in [0.15, 0.2) is 6.04 Å². The van der Waals surface area contributed by atoms with Crippen LogP contribution >= 0.6 is 0 Å². The first-order chi connectivity index (χ1) is 13.5. The highest BCUT2D eigenvalue weighted by Crippen LogP contribution is 2.27. The van der Waals surface area contributed by atoms with E-state index in [0.717, 1.165) is 5.01 Å². The van der Waals surface area contributed by atoms with E-state index in [1.165, 1.54) is 30.3 Å². The van der Waals surface area contributed by atoms with E-state index in [1.807, 2.05) is 0 Å². The van der Waals surface area contributed by atoms with Gasteiger partial charge in [-0.3, -0.25) is 15.0 Å². The van der Waals surface area contributed by atoms with Gasteiger partial charge < -0.3 is 4.74 Å². The van der Waals surface area contributed by atoms with Crippen LogP contribution in [0.4, 0.5) is 4.39 Å². The molecular weight excluding hydrogens is 363 g/mol. The molecule has 2 aromatic rings. The SMILES string of the molecule is CCOC(=O)[C@H]1CC(c2ccc(F)cc2)=CC(=O)N1NC(=O)c1ccccc1. The number of ether oxygens (including phenoxy) is 1. The van der Waals surface area contributed by atoms with Gasteiger partial charge in [-0.15, -0.1) is 0 Å². The van der Waals surface area contributed by atoms with E-state index in [4.69, 9.17) is 4.74 Å². The van der Waals surface area contributed by atoms with E-state index in [9.17, 15) is 18.8 Å². The predicted molar refractivity (Wildman–Crippen MR) is 100 cm³/mol. The van der Waals surface area contributed by atoms with Crippen LogP contribution in [0.25, 0.3) is 5.57 Å². The van der Waals surface area contributed by atoms with Crippen LogP contribution in [-0.4, -0.2) is 35.4 Å². The van der Waals surface area contributed by atoms with Crippen LogP contribution in [0.2, 0.25) is 0 Å². The molecular formula is C21H19FN2O4. The fourth-order valence-corrected chi connectivity index (χ4v) is 2.92. The predicted octanol–water partition coefficient (Wildman–Crippen LogP) is 2.72. The van der Waals surface area contributed by atoms with Gasteiger partial charge in [0.05, 0.1) is 6.61 Å². The molecule has 0 radical (unpaired) electrons. The summed E-state index contributed by atoms with van der Waals surface area (Å²) in [7, 11) is 0. The third-order valence-corrected chi connectivity index (χ3v) is 4.29. The highest BCUT2D eigenvalue weighted by molar-refractivity contribution is 6.03. The minimum atomic E-state index is -1.02. The number of rotatable bonds is 5. The molecule has 0 saturated heterocycles. The van der Waals surface area contributed by atoms with Gasteiger partial charge in [0.2, 0.25) is 0 Å². The van der Waals surface area contributed by atoms with E-state index in [0.29, 0.717) is 16.7 Å². The summed E-state index contributed by atoms with van der Waals surface area (Å²) in [5.74, 6) is -2.10. The molecule has 1 aliphatic rings. The second-order valence-electron chi connectivity index (χ2n) is 6.16. The number of carbonyl (C=O) groups excluding carboxylic acids is 3. The summed E-state index contributed by atoms with van der Waals surface area (Å²) in [5.41, 5.74) is 4.03. The molecule has 6 nitrogen and oxygen atoms in total. The van der Waals surface area contributed by atoms with Gasteiger partial charge in [-0.2, -0.15) is 0 Å². The molecule has 1 N–H and O–H groups in total. The summed E-state index contributed by atoms with van der Waals surface area (Å²) in [4.78, 5) is 37.6. The normalized spacial score (nSPS) is 16.4. The lowest BCUT2D eigenvalue weighted by atomic mass is 9.94. The summed E-state index contributed by atoms with van der Waals surface area (Å²) in [6.45, 7) is 1.80. The van der Waals surface area contributed by atoms with Gasteiger partial charge in [-0.25, -0.2) is 14.2 Å². The maximum atomic E-state index is 13.2. The smallest absolute Gasteiger partial charge is 0.331 e. The largest absolute Gasteiger partial charge is 0.464 e. The number of hydrogen-bond donors (Lipinski definition) is 1. The number of carbonyl (C=O) groups is 3. The minimum absolute atomic E-state index is 0.130. The topological polar surface area (TPSA) is 75.7 Å². The standard InChI is InChI=1S/C21H19FN2O4/c1-2-28-21(27)18-12-16(14-8-10-17(22)11-9-14)13-19(25)24(18)23-20(26)15-6-4-3-5-7-15/h3-11,13,18H,2,12H2,1H3,(H,23,26)/t18-/m1/s1. The molecule has 1 aliphatic heterocycles. The molecule has 0 aliphatic carbocycles. The van der Waals surface area contributed by atoms with Crippen molar-refractivity contribution in [2.45, 2.75) is 19.4 Å². The lowest BCUT2D eigenvalue weighted by Gasteiger charge is -2.33. The van der Waals surface area contributed by atoms with Crippen molar-refractivity contribution in [2.24, 2.45) is 0 Å². The third-order valence-electron chi connectivity index (χ3n) is 4.29. The zero-order valence-corrected chi connectivity index (χ0v) is 15.2. The van der Waals surface area contributed by atoms with E-state index in [1.54, 1.807) is 37.3 Å². The zero-order valence-electron chi connectivity index (χ0n) is 15.2. The van der Waals surface area contributed by atoms with E-state index in [2.05, 4.69) is 5.43 Å². The van der Waals surface area contributed by atoms with Crippen LogP contribution in [0.15, 0.2) is 60.7 Å². The average Bonchev–Trinajstić information content (AvgIpc) is 2.70. The molecule has 144 valence electrons. The molecule has 0 spiro atoms. The monoisotopic (exact) mass is 382 g/mol. The second kappa shape index (κ2) is 8.47. The Labute approximate surface area is 161 Å². The Hall–Kier alpha value is -3.48. The molecule has 0 bridgehead atoms. The first-order valence-corrected chi connectivity index (χ1v) is 8.82. The lowest BCUT2D eigenvalue weighted by Crippen LogP contribution is -2.56. The highest BCUT2D eigenvalue weighted by Gasteiger charge is 2.36. The Morgan fingerprint density at radius 3 is 2.46 bits per heavy atom. The first kappa shape index (κ1) is 19.3. The number of esters is 1. The molecule has 1 heterocycles. The zero-order chi connectivity index (χ0) is 20.1. The van der Waals surface area contributed by atoms with Gasteiger partial charge in [0.1, 0.15) is 5.82 Å². The van der Waals surface area contributed by atoms with Gasteiger partial charge >= 0.3 is 5.97 Å². The second-order valence-corrected chi connectivity index (χ2v) is 6.16. The van der Waals surface area contributed by atoms with Crippen molar-refractivity contribution < 1.29 is 23.5 Å². The Morgan fingerprint density at radius 2 is 1.82 bits per heavy atom. The van der Waals surface area contributed by atoms with Crippen LogP contribution in [0.3, 0.4) is 0 Å². The number of halogens is 1. The van der Waals surface area contributed by atoms with Crippen molar-refractivity contribution in [3.8, 4) is 0 Å². The summed E-state index contributed by atoms with van der Waals surface area (Å²) >= 11 is 0. The number of benzene rings is 2. The van der Waals surface area contributed by atoms with Crippen molar-refractivity contribution >= 4 is 23.4 Å². The van der Waals surface area contributed by atoms with Crippen molar-refractivity contribution in [2.75, 3.05) is 6.61 Å². The minimum Gasteiger partial charge on any atom is -0.464 e. The Bertz CT molecular complexity index is 910. The van der Waals surface area contributed by atoms with Crippen LogP contribution in [-0.2, 0) is 14.3 Å². The molecule has 1 atom stereocenters. The number of hydrogen-bond acceptors (Lipinski definition) is 4. The number of amides is 2. The molecule has 0 saturated carbocycles. The molecule has 28 heavy (non-hydrogen) atoms. The van der Waals surface area contributed by atoms with Crippen molar-refractivity contribution in [1.29, 1.82) is 0 Å². The van der Waals surface area contributed by atoms with Gasteiger partial charge in [0.25, 0.3) is 11.8 Å². The molecule has 0 unspecified atom stereocenters. The Morgan fingerprint density at radius 1 is 1.14 bits per heavy atom. The lowest BCUT2D eigenvalue weighted by molar-refractivity contribution is -0.155. The van der Waals surface area contributed by atoms with Gasteiger partial charge in [-0.05, 0) is 42.3 Å². The summed E-state index contributed by atoms with van der Waals surface area (Å²) in [6, 6.07) is 13.0. The summed E-state index contributed by atoms with van der Waals surface area (Å²) in [5, 5.41) is 0.986. The van der Waals surface area contributed by atoms with E-state index < -0.39 is 29.6 Å². The maximum Gasteiger partial charge on any atom is 0.331 e. The van der Waals surface area contributed by atoms with Gasteiger partial charge in [-0.1, -0.05) is 30.3 Å². The quantitative estimate of drug-likeness (QED) is 0.807. The van der Waals surface area contributed by atoms with Crippen LogP contribution < -0.4 is 5.43 Å². The molecule has 2 aromatic carbocycles. The van der Waals surface area contributed by atoms with E-state index in [-0.39, 0.29) is 13.0 Å². The summed E-state index contributed by atoms with van der Waals surface area (Å²) in [6.07, 6.45) is 1.46. The Balaban J connectivity index is 1.88. The van der Waals surface area contributed by atoms with Crippen molar-refractivity contribution in [1.82, 2.24) is 10.4 Å². The van der Waals surface area contributed by atoms with Gasteiger partial charge in [0, 0.05) is 18.1 Å². The average molecular weight is 382 g/mol. The summed E-state index contributed by atoms with van der Waals surface area (Å²) < 4.78 is 18.3. The van der Waals surface area contributed by atoms with E-state index >= 15 is 0 Å². The fourth-order valence-electron chi connectivity index (χ4n) is 2.92.